The molecule has 0 bridgehead atoms. The molecule has 0 spiro atoms. The van der Waals surface area contributed by atoms with Gasteiger partial charge in [-0.1, -0.05) is 25.4 Å². The molecule has 0 aliphatic carbocycles. The molecule has 0 aromatic heterocycles. The zero-order valence-electron chi connectivity index (χ0n) is 11.4. The van der Waals surface area contributed by atoms with Crippen molar-refractivity contribution >= 4 is 29.3 Å². The molecule has 0 N–H and O–H groups in total. The van der Waals surface area contributed by atoms with E-state index in [0.29, 0.717) is 17.4 Å². The van der Waals surface area contributed by atoms with Gasteiger partial charge in [0.1, 0.15) is 6.61 Å². The molecule has 19 heavy (non-hydrogen) atoms. The van der Waals surface area contributed by atoms with Crippen LogP contribution in [0.4, 0.5) is 0 Å². The van der Waals surface area contributed by atoms with Crippen molar-refractivity contribution in [3.63, 3.8) is 0 Å². The standard InChI is InChI=1S/C14H20ClNO2S/c1-3-16(4-2)9-10-18-14(17)11-19-13-7-5-12(15)6-8-13/h5-8H,3-4,9-11H2,1-2H3. The van der Waals surface area contributed by atoms with Gasteiger partial charge >= 0.3 is 5.97 Å². The second-order valence-corrected chi connectivity index (χ2v) is 5.48. The van der Waals surface area contributed by atoms with E-state index in [2.05, 4.69) is 18.7 Å². The maximum atomic E-state index is 11.6. The van der Waals surface area contributed by atoms with Gasteiger partial charge in [0.15, 0.2) is 0 Å². The summed E-state index contributed by atoms with van der Waals surface area (Å²) in [5.41, 5.74) is 0. The number of hydrogen-bond donors (Lipinski definition) is 0. The van der Waals surface area contributed by atoms with Crippen LogP contribution >= 0.6 is 23.4 Å². The van der Waals surface area contributed by atoms with Gasteiger partial charge in [0, 0.05) is 16.5 Å². The smallest absolute Gasteiger partial charge is 0.316 e. The molecule has 0 amide bonds. The second kappa shape index (κ2) is 9.23. The third kappa shape index (κ3) is 6.85. The molecule has 0 aliphatic rings. The van der Waals surface area contributed by atoms with E-state index in [1.807, 2.05) is 24.3 Å². The predicted molar refractivity (Wildman–Crippen MR) is 80.9 cm³/mol. The summed E-state index contributed by atoms with van der Waals surface area (Å²) in [4.78, 5) is 14.8. The Morgan fingerprint density at radius 2 is 1.89 bits per heavy atom. The lowest BCUT2D eigenvalue weighted by Gasteiger charge is -2.17. The number of nitrogens with zero attached hydrogens (tertiary/aromatic N) is 1. The molecular weight excluding hydrogens is 282 g/mol. The highest BCUT2D eigenvalue weighted by molar-refractivity contribution is 8.00. The summed E-state index contributed by atoms with van der Waals surface area (Å²) >= 11 is 7.26. The highest BCUT2D eigenvalue weighted by Crippen LogP contribution is 2.20. The summed E-state index contributed by atoms with van der Waals surface area (Å²) in [6.45, 7) is 7.41. The lowest BCUT2D eigenvalue weighted by molar-refractivity contribution is -0.140. The second-order valence-electron chi connectivity index (χ2n) is 3.99. The molecular formula is C14H20ClNO2S. The summed E-state index contributed by atoms with van der Waals surface area (Å²) in [5, 5.41) is 0.700. The molecule has 0 fully saturated rings. The summed E-state index contributed by atoms with van der Waals surface area (Å²) in [6, 6.07) is 7.43. The topological polar surface area (TPSA) is 29.5 Å². The molecule has 106 valence electrons. The van der Waals surface area contributed by atoms with Gasteiger partial charge in [0.2, 0.25) is 0 Å². The van der Waals surface area contributed by atoms with Crippen molar-refractivity contribution in [3.05, 3.63) is 29.3 Å². The van der Waals surface area contributed by atoms with Crippen LogP contribution in [0.3, 0.4) is 0 Å². The van der Waals surface area contributed by atoms with Crippen LogP contribution in [-0.2, 0) is 9.53 Å². The molecule has 0 unspecified atom stereocenters. The Morgan fingerprint density at radius 1 is 1.26 bits per heavy atom. The van der Waals surface area contributed by atoms with Crippen molar-refractivity contribution in [1.29, 1.82) is 0 Å². The van der Waals surface area contributed by atoms with E-state index in [4.69, 9.17) is 16.3 Å². The van der Waals surface area contributed by atoms with Gasteiger partial charge in [-0.25, -0.2) is 0 Å². The van der Waals surface area contributed by atoms with Gasteiger partial charge in [-0.15, -0.1) is 11.8 Å². The van der Waals surface area contributed by atoms with E-state index in [1.54, 1.807) is 0 Å². The lowest BCUT2D eigenvalue weighted by Crippen LogP contribution is -2.28. The van der Waals surface area contributed by atoms with Gasteiger partial charge in [0.05, 0.1) is 5.75 Å². The van der Waals surface area contributed by atoms with Crippen molar-refractivity contribution in [1.82, 2.24) is 4.90 Å². The minimum Gasteiger partial charge on any atom is -0.464 e. The van der Waals surface area contributed by atoms with Crippen LogP contribution in [0.2, 0.25) is 5.02 Å². The predicted octanol–water partition coefficient (Wildman–Crippen LogP) is 3.32. The molecule has 1 rings (SSSR count). The molecule has 3 nitrogen and oxygen atoms in total. The van der Waals surface area contributed by atoms with Crippen molar-refractivity contribution in [2.45, 2.75) is 18.7 Å². The van der Waals surface area contributed by atoms with Gasteiger partial charge < -0.3 is 9.64 Å². The van der Waals surface area contributed by atoms with Gasteiger partial charge in [-0.3, -0.25) is 4.79 Å². The zero-order valence-corrected chi connectivity index (χ0v) is 13.0. The van der Waals surface area contributed by atoms with E-state index in [-0.39, 0.29) is 5.97 Å². The SMILES string of the molecule is CCN(CC)CCOC(=O)CSc1ccc(Cl)cc1. The quantitative estimate of drug-likeness (QED) is 0.544. The number of hydrogen-bond acceptors (Lipinski definition) is 4. The first-order chi connectivity index (χ1) is 9.15. The van der Waals surface area contributed by atoms with E-state index < -0.39 is 0 Å². The minimum absolute atomic E-state index is 0.174. The highest BCUT2D eigenvalue weighted by atomic mass is 35.5. The Bertz CT molecular complexity index is 380. The van der Waals surface area contributed by atoms with Gasteiger partial charge in [0.25, 0.3) is 0 Å². The van der Waals surface area contributed by atoms with E-state index in [9.17, 15) is 4.79 Å². The number of ether oxygens (including phenoxy) is 1. The third-order valence-electron chi connectivity index (χ3n) is 2.74. The Morgan fingerprint density at radius 3 is 2.47 bits per heavy atom. The van der Waals surface area contributed by atoms with Crippen LogP contribution in [0.1, 0.15) is 13.8 Å². The fourth-order valence-electron chi connectivity index (χ4n) is 1.54. The molecule has 5 heteroatoms. The molecule has 1 aromatic rings. The molecule has 0 aliphatic heterocycles. The lowest BCUT2D eigenvalue weighted by atomic mass is 10.4. The highest BCUT2D eigenvalue weighted by Gasteiger charge is 2.05. The van der Waals surface area contributed by atoms with Crippen LogP contribution in [0.25, 0.3) is 0 Å². The Balaban J connectivity index is 2.19. The number of carbonyl (C=O) groups is 1. The number of esters is 1. The molecule has 0 heterocycles. The number of likely N-dealkylation sites (N-methyl/N-ethyl adjacent to an activating group) is 1. The van der Waals surface area contributed by atoms with Crippen LogP contribution in [0.15, 0.2) is 29.2 Å². The Kier molecular flexibility index (Phi) is 7.94. The molecule has 1 aromatic carbocycles. The van der Waals surface area contributed by atoms with Crippen molar-refractivity contribution in [2.75, 3.05) is 32.0 Å². The molecule has 0 saturated heterocycles. The van der Waals surface area contributed by atoms with Crippen LogP contribution in [-0.4, -0.2) is 42.9 Å². The Labute approximate surface area is 124 Å². The molecule has 0 atom stereocenters. The van der Waals surface area contributed by atoms with Crippen molar-refractivity contribution < 1.29 is 9.53 Å². The fraction of sp³-hybridized carbons (Fsp3) is 0.500. The zero-order chi connectivity index (χ0) is 14.1. The molecule has 0 radical (unpaired) electrons. The number of halogens is 1. The number of thioether (sulfide) groups is 1. The number of rotatable bonds is 8. The van der Waals surface area contributed by atoms with Gasteiger partial charge in [-0.05, 0) is 37.4 Å². The molecule has 0 saturated carbocycles. The summed E-state index contributed by atoms with van der Waals surface area (Å²) in [5.74, 6) is 0.159. The fourth-order valence-corrected chi connectivity index (χ4v) is 2.37. The van der Waals surface area contributed by atoms with Crippen LogP contribution in [0.5, 0.6) is 0 Å². The van der Waals surface area contributed by atoms with Gasteiger partial charge in [-0.2, -0.15) is 0 Å². The van der Waals surface area contributed by atoms with Crippen molar-refractivity contribution in [2.24, 2.45) is 0 Å². The monoisotopic (exact) mass is 301 g/mol. The average Bonchev–Trinajstić information content (AvgIpc) is 2.43. The summed E-state index contributed by atoms with van der Waals surface area (Å²) < 4.78 is 5.19. The van der Waals surface area contributed by atoms with E-state index in [0.717, 1.165) is 24.5 Å². The normalized spacial score (nSPS) is 10.7. The average molecular weight is 302 g/mol. The minimum atomic E-state index is -0.174. The number of benzene rings is 1. The van der Waals surface area contributed by atoms with Crippen LogP contribution < -0.4 is 0 Å². The van der Waals surface area contributed by atoms with E-state index in [1.165, 1.54) is 11.8 Å². The van der Waals surface area contributed by atoms with Crippen molar-refractivity contribution in [3.8, 4) is 0 Å². The Hall–Kier alpha value is -0.710. The first-order valence-electron chi connectivity index (χ1n) is 6.42. The first-order valence-corrected chi connectivity index (χ1v) is 7.78. The summed E-state index contributed by atoms with van der Waals surface area (Å²) in [6.07, 6.45) is 0. The maximum absolute atomic E-state index is 11.6. The third-order valence-corrected chi connectivity index (χ3v) is 3.97. The first kappa shape index (κ1) is 16.3. The van der Waals surface area contributed by atoms with Crippen LogP contribution in [0, 0.1) is 0 Å². The number of carbonyl (C=O) groups excluding carboxylic acids is 1. The largest absolute Gasteiger partial charge is 0.464 e. The summed E-state index contributed by atoms with van der Waals surface area (Å²) in [7, 11) is 0. The van der Waals surface area contributed by atoms with E-state index >= 15 is 0 Å². The maximum Gasteiger partial charge on any atom is 0.316 e.